The minimum Gasteiger partial charge on any atom is -0.497 e. The molecule has 2 aromatic carbocycles. The van der Waals surface area contributed by atoms with Crippen LogP contribution in [0.3, 0.4) is 0 Å². The van der Waals surface area contributed by atoms with Crippen LogP contribution in [0.5, 0.6) is 11.5 Å². The molecule has 0 spiro atoms. The van der Waals surface area contributed by atoms with E-state index in [2.05, 4.69) is 5.43 Å². The summed E-state index contributed by atoms with van der Waals surface area (Å²) in [4.78, 5) is 38.2. The topological polar surface area (TPSA) is 166 Å². The van der Waals surface area contributed by atoms with E-state index in [0.29, 0.717) is 17.9 Å². The maximum atomic E-state index is 13.3. The monoisotopic (exact) mass is 572 g/mol. The molecule has 5 N–H and O–H groups in total. The summed E-state index contributed by atoms with van der Waals surface area (Å²) in [5, 5.41) is 32.5. The minimum atomic E-state index is -2.17. The molecule has 0 aliphatic heterocycles. The molecular formula is C24H31BCl2N2O9. The molecule has 2 aromatic rings. The van der Waals surface area contributed by atoms with Crippen molar-refractivity contribution in [2.45, 2.75) is 39.2 Å². The third-order valence-electron chi connectivity index (χ3n) is 5.03. The van der Waals surface area contributed by atoms with Crippen LogP contribution in [-0.4, -0.2) is 70.6 Å². The SMILES string of the molecule is COc1ccc(CCC(=O)NN(C(=O)c2cc(Cl)ccc2Cl)[C@@H](CC(C)C)C(=O)O)c(OC)c1.OB(O)O. The van der Waals surface area contributed by atoms with Crippen molar-refractivity contribution >= 4 is 48.3 Å². The summed E-state index contributed by atoms with van der Waals surface area (Å²) < 4.78 is 10.5. The zero-order valence-corrected chi connectivity index (χ0v) is 22.9. The van der Waals surface area contributed by atoms with Crippen molar-refractivity contribution in [1.29, 1.82) is 0 Å². The highest BCUT2D eigenvalue weighted by Crippen LogP contribution is 2.26. The van der Waals surface area contributed by atoms with Gasteiger partial charge in [0.1, 0.15) is 11.5 Å². The van der Waals surface area contributed by atoms with E-state index in [9.17, 15) is 19.5 Å². The Balaban J connectivity index is 0.00000168. The fraction of sp³-hybridized carbons (Fsp3) is 0.375. The Kier molecular flexibility index (Phi) is 13.9. The maximum absolute atomic E-state index is 13.3. The highest BCUT2D eigenvalue weighted by molar-refractivity contribution is 6.35. The van der Waals surface area contributed by atoms with Gasteiger partial charge >= 0.3 is 13.3 Å². The van der Waals surface area contributed by atoms with E-state index in [1.54, 1.807) is 18.2 Å². The van der Waals surface area contributed by atoms with E-state index in [4.69, 9.17) is 47.7 Å². The summed E-state index contributed by atoms with van der Waals surface area (Å²) in [5.41, 5.74) is 3.22. The van der Waals surface area contributed by atoms with Gasteiger partial charge in [-0.05, 0) is 48.6 Å². The number of ether oxygens (including phenoxy) is 2. The molecule has 0 bridgehead atoms. The molecule has 0 radical (unpaired) electrons. The molecule has 0 unspecified atom stereocenters. The molecular weight excluding hydrogens is 542 g/mol. The summed E-state index contributed by atoms with van der Waals surface area (Å²) in [6.45, 7) is 3.64. The van der Waals surface area contributed by atoms with Crippen molar-refractivity contribution in [2.24, 2.45) is 5.92 Å². The average molecular weight is 573 g/mol. The van der Waals surface area contributed by atoms with E-state index in [1.807, 2.05) is 13.8 Å². The Morgan fingerprint density at radius 3 is 2.18 bits per heavy atom. The van der Waals surface area contributed by atoms with Crippen molar-refractivity contribution in [1.82, 2.24) is 10.4 Å². The minimum absolute atomic E-state index is 0.0127. The van der Waals surface area contributed by atoms with Crippen molar-refractivity contribution in [3.63, 3.8) is 0 Å². The summed E-state index contributed by atoms with van der Waals surface area (Å²) in [5.74, 6) is -1.47. The van der Waals surface area contributed by atoms with Crippen molar-refractivity contribution in [2.75, 3.05) is 14.2 Å². The van der Waals surface area contributed by atoms with Crippen LogP contribution in [0.15, 0.2) is 36.4 Å². The molecule has 0 aliphatic rings. The third kappa shape index (κ3) is 10.8. The highest BCUT2D eigenvalue weighted by Gasteiger charge is 2.33. The summed E-state index contributed by atoms with van der Waals surface area (Å²) in [6, 6.07) is 8.20. The summed E-state index contributed by atoms with van der Waals surface area (Å²) >= 11 is 12.2. The molecule has 14 heteroatoms. The molecule has 0 heterocycles. The van der Waals surface area contributed by atoms with Gasteiger partial charge in [0.15, 0.2) is 6.04 Å². The van der Waals surface area contributed by atoms with Gasteiger partial charge < -0.3 is 29.7 Å². The van der Waals surface area contributed by atoms with Crippen LogP contribution in [0.2, 0.25) is 10.0 Å². The summed E-state index contributed by atoms with van der Waals surface area (Å²) in [6.07, 6.45) is 0.385. The lowest BCUT2D eigenvalue weighted by atomic mass is 10.0. The van der Waals surface area contributed by atoms with Gasteiger partial charge in [0.25, 0.3) is 5.91 Å². The lowest BCUT2D eigenvalue weighted by Gasteiger charge is -2.30. The van der Waals surface area contributed by atoms with Gasteiger partial charge in [-0.15, -0.1) is 0 Å². The number of hydrazine groups is 1. The number of nitrogens with zero attached hydrogens (tertiary/aromatic N) is 1. The van der Waals surface area contributed by atoms with Gasteiger partial charge in [0.2, 0.25) is 5.91 Å². The molecule has 38 heavy (non-hydrogen) atoms. The number of amides is 2. The molecule has 0 fully saturated rings. The number of rotatable bonds is 10. The smallest absolute Gasteiger partial charge is 0.497 e. The fourth-order valence-corrected chi connectivity index (χ4v) is 3.69. The Bertz CT molecular complexity index is 1100. The Morgan fingerprint density at radius 1 is 1.03 bits per heavy atom. The first-order valence-electron chi connectivity index (χ1n) is 11.4. The molecule has 2 rings (SSSR count). The number of halogens is 2. The van der Waals surface area contributed by atoms with Crippen LogP contribution in [-0.2, 0) is 16.0 Å². The van der Waals surface area contributed by atoms with Gasteiger partial charge in [0, 0.05) is 17.5 Å². The van der Waals surface area contributed by atoms with E-state index < -0.39 is 31.1 Å². The first-order valence-corrected chi connectivity index (χ1v) is 12.1. The summed E-state index contributed by atoms with van der Waals surface area (Å²) in [7, 11) is 0.881. The number of hydrogen-bond acceptors (Lipinski definition) is 8. The van der Waals surface area contributed by atoms with Crippen molar-refractivity contribution in [3.8, 4) is 11.5 Å². The van der Waals surface area contributed by atoms with Crippen LogP contribution < -0.4 is 14.9 Å². The van der Waals surface area contributed by atoms with Gasteiger partial charge in [0.05, 0.1) is 24.8 Å². The number of nitrogens with one attached hydrogen (secondary N) is 1. The van der Waals surface area contributed by atoms with Gasteiger partial charge in [-0.25, -0.2) is 9.80 Å². The number of aliphatic carboxylic acids is 1. The number of hydrogen-bond donors (Lipinski definition) is 5. The number of carbonyl (C=O) groups excluding carboxylic acids is 2. The van der Waals surface area contributed by atoms with E-state index in [0.717, 1.165) is 10.6 Å². The number of aryl methyl sites for hydroxylation is 1. The number of carboxylic acid groups (broad SMARTS) is 1. The third-order valence-corrected chi connectivity index (χ3v) is 5.59. The van der Waals surface area contributed by atoms with E-state index >= 15 is 0 Å². The lowest BCUT2D eigenvalue weighted by Crippen LogP contribution is -2.55. The molecule has 0 aromatic heterocycles. The lowest BCUT2D eigenvalue weighted by molar-refractivity contribution is -0.145. The second-order valence-electron chi connectivity index (χ2n) is 8.34. The molecule has 0 saturated carbocycles. The fourth-order valence-electron chi connectivity index (χ4n) is 3.32. The Morgan fingerprint density at radius 2 is 1.66 bits per heavy atom. The molecule has 2 amide bonds. The van der Waals surface area contributed by atoms with E-state index in [1.165, 1.54) is 32.4 Å². The van der Waals surface area contributed by atoms with Gasteiger partial charge in [-0.2, -0.15) is 0 Å². The molecule has 0 saturated heterocycles. The predicted molar refractivity (Wildman–Crippen MR) is 142 cm³/mol. The number of carboxylic acids is 1. The molecule has 0 aliphatic carbocycles. The molecule has 1 atom stereocenters. The maximum Gasteiger partial charge on any atom is 0.631 e. The number of benzene rings is 2. The average Bonchev–Trinajstić information content (AvgIpc) is 2.85. The zero-order valence-electron chi connectivity index (χ0n) is 21.4. The van der Waals surface area contributed by atoms with Crippen LogP contribution in [0.4, 0.5) is 0 Å². The van der Waals surface area contributed by atoms with Crippen LogP contribution in [0, 0.1) is 5.92 Å². The second-order valence-corrected chi connectivity index (χ2v) is 9.19. The number of methoxy groups -OCH3 is 2. The van der Waals surface area contributed by atoms with Crippen LogP contribution in [0.25, 0.3) is 0 Å². The van der Waals surface area contributed by atoms with Gasteiger partial charge in [-0.3, -0.25) is 15.0 Å². The predicted octanol–water partition coefficient (Wildman–Crippen LogP) is 2.56. The quantitative estimate of drug-likeness (QED) is 0.212. The van der Waals surface area contributed by atoms with Crippen molar-refractivity contribution < 1.29 is 44.0 Å². The first-order chi connectivity index (χ1) is 17.8. The van der Waals surface area contributed by atoms with Crippen molar-refractivity contribution in [3.05, 3.63) is 57.6 Å². The Hall–Kier alpha value is -3.03. The Labute approximate surface area is 231 Å². The second kappa shape index (κ2) is 16.1. The molecule has 11 nitrogen and oxygen atoms in total. The first kappa shape index (κ1) is 33.0. The standard InChI is InChI=1S/C24H28Cl2N2O6.BH3O3/c1-14(2)11-20(24(31)32)28(23(30)18-12-16(25)7-9-19(18)26)27-22(29)10-6-15-5-8-17(33-3)13-21(15)34-4;2-1(3)4/h5,7-9,12-14,20H,6,10-11H2,1-4H3,(H,27,29)(H,31,32);2-4H/t20-;/m0./s1. The van der Waals surface area contributed by atoms with Crippen LogP contribution >= 0.6 is 23.2 Å². The van der Waals surface area contributed by atoms with Gasteiger partial charge in [-0.1, -0.05) is 43.1 Å². The molecule has 208 valence electrons. The van der Waals surface area contributed by atoms with E-state index in [-0.39, 0.29) is 34.4 Å². The zero-order chi connectivity index (χ0) is 29.0. The van der Waals surface area contributed by atoms with Crippen LogP contribution in [0.1, 0.15) is 42.6 Å². The highest BCUT2D eigenvalue weighted by atomic mass is 35.5. The largest absolute Gasteiger partial charge is 0.631 e. The number of carbonyl (C=O) groups is 3. The normalized spacial score (nSPS) is 11.1.